The van der Waals surface area contributed by atoms with Crippen LogP contribution in [0.4, 0.5) is 18.9 Å². The van der Waals surface area contributed by atoms with Crippen molar-refractivity contribution in [2.24, 2.45) is 10.9 Å². The number of alkyl halides is 3. The van der Waals surface area contributed by atoms with E-state index in [1.54, 1.807) is 31.2 Å². The fourth-order valence-electron chi connectivity index (χ4n) is 5.18. The molecule has 1 unspecified atom stereocenters. The molecule has 1 amide bonds. The summed E-state index contributed by atoms with van der Waals surface area (Å²) in [7, 11) is -0.0872. The standard InChI is InChI=1S/C33H34F3N7O6S2/c1-16-9-25(21-11-26(31(49-8)37-15-21)30(44)42-51(45,46)32-19(4)38-20(5)50-32)29(43-17(2)10-27(41-43)33(34,35)36)40-28(18(16)3)39-22-12-23(47-6)14-24(13-22)48-7/h9-15,18H,1-8H3,(H,39,40)(H,42,44). The van der Waals surface area contributed by atoms with E-state index in [1.165, 1.54) is 47.4 Å². The Balaban J connectivity index is 1.71. The molecule has 18 heteroatoms. The maximum atomic E-state index is 13.9. The molecule has 51 heavy (non-hydrogen) atoms. The summed E-state index contributed by atoms with van der Waals surface area (Å²) in [6, 6.07) is 7.31. The third kappa shape index (κ3) is 7.75. The van der Waals surface area contributed by atoms with E-state index < -0.39 is 33.7 Å². The Morgan fingerprint density at radius 3 is 2.20 bits per heavy atom. The molecule has 1 atom stereocenters. The van der Waals surface area contributed by atoms with Crippen molar-refractivity contribution in [2.75, 3.05) is 26.6 Å². The number of anilines is 1. The van der Waals surface area contributed by atoms with E-state index in [0.29, 0.717) is 28.0 Å². The molecule has 4 heterocycles. The highest BCUT2D eigenvalue weighted by Gasteiger charge is 2.36. The molecule has 0 fully saturated rings. The molecule has 5 rings (SSSR count). The number of aliphatic imine (C=N–C) groups is 1. The average molecular weight is 746 g/mol. The fraction of sp³-hybridized carbons (Fsp3) is 0.303. The second-order valence-corrected chi connectivity index (χ2v) is 14.6. The predicted octanol–water partition coefficient (Wildman–Crippen LogP) is 6.26. The Bertz CT molecular complexity index is 2200. The minimum Gasteiger partial charge on any atom is -0.497 e. The first-order chi connectivity index (χ1) is 23.9. The number of nitrogens with one attached hydrogen (secondary N) is 2. The van der Waals surface area contributed by atoms with Crippen molar-refractivity contribution in [3.05, 3.63) is 81.4 Å². The van der Waals surface area contributed by atoms with Crippen LogP contribution in [0.15, 0.2) is 57.4 Å². The van der Waals surface area contributed by atoms with E-state index in [2.05, 4.69) is 25.1 Å². The number of allylic oxidation sites excluding steroid dienone is 2. The van der Waals surface area contributed by atoms with Gasteiger partial charge in [-0.05, 0) is 39.8 Å². The van der Waals surface area contributed by atoms with Crippen molar-refractivity contribution in [2.45, 2.75) is 45.0 Å². The number of hydrogen-bond acceptors (Lipinski definition) is 12. The van der Waals surface area contributed by atoms with Gasteiger partial charge < -0.3 is 19.5 Å². The number of halogens is 3. The van der Waals surface area contributed by atoms with Gasteiger partial charge in [-0.15, -0.1) is 11.3 Å². The summed E-state index contributed by atoms with van der Waals surface area (Å²) in [4.78, 5) is 26.8. The van der Waals surface area contributed by atoms with Crippen LogP contribution in [0.3, 0.4) is 0 Å². The predicted molar refractivity (Wildman–Crippen MR) is 186 cm³/mol. The average Bonchev–Trinajstić information content (AvgIpc) is 3.62. The fourth-order valence-corrected chi connectivity index (χ4v) is 7.63. The van der Waals surface area contributed by atoms with Gasteiger partial charge in [0.1, 0.15) is 22.9 Å². The van der Waals surface area contributed by atoms with Crippen LogP contribution < -0.4 is 24.2 Å². The molecule has 0 aliphatic carbocycles. The number of nitrogens with zero attached hydrogens (tertiary/aromatic N) is 5. The topological polar surface area (TPSA) is 159 Å². The number of hydrogen-bond donors (Lipinski definition) is 2. The second kappa shape index (κ2) is 14.2. The van der Waals surface area contributed by atoms with Crippen LogP contribution in [-0.2, 0) is 16.2 Å². The van der Waals surface area contributed by atoms with E-state index in [4.69, 9.17) is 19.2 Å². The number of rotatable bonds is 9. The van der Waals surface area contributed by atoms with Gasteiger partial charge in [0.2, 0.25) is 5.88 Å². The lowest BCUT2D eigenvalue weighted by molar-refractivity contribution is -0.141. The highest BCUT2D eigenvalue weighted by molar-refractivity contribution is 7.92. The zero-order valence-electron chi connectivity index (χ0n) is 28.8. The van der Waals surface area contributed by atoms with Gasteiger partial charge in [-0.3, -0.25) is 4.79 Å². The van der Waals surface area contributed by atoms with Gasteiger partial charge in [0.15, 0.2) is 15.7 Å². The summed E-state index contributed by atoms with van der Waals surface area (Å²) >= 11 is 0.904. The molecule has 3 aromatic heterocycles. The van der Waals surface area contributed by atoms with Crippen LogP contribution in [0.1, 0.15) is 51.9 Å². The maximum Gasteiger partial charge on any atom is 0.435 e. The number of pyridine rings is 1. The highest BCUT2D eigenvalue weighted by atomic mass is 32.2. The van der Waals surface area contributed by atoms with Gasteiger partial charge in [0.05, 0.1) is 32.0 Å². The summed E-state index contributed by atoms with van der Waals surface area (Å²) < 4.78 is 87.1. The number of carbonyl (C=O) groups excluding carboxylic acids is 1. The van der Waals surface area contributed by atoms with Crippen LogP contribution in [0.25, 0.3) is 11.4 Å². The number of thiazole rings is 1. The number of ether oxygens (including phenoxy) is 3. The van der Waals surface area contributed by atoms with Crippen LogP contribution in [0.5, 0.6) is 17.4 Å². The van der Waals surface area contributed by atoms with E-state index in [0.717, 1.165) is 27.7 Å². The first kappa shape index (κ1) is 37.0. The first-order valence-electron chi connectivity index (χ1n) is 15.2. The molecule has 13 nitrogen and oxygen atoms in total. The third-order valence-electron chi connectivity index (χ3n) is 7.87. The molecular weight excluding hydrogens is 712 g/mol. The van der Waals surface area contributed by atoms with Crippen LogP contribution in [0.2, 0.25) is 0 Å². The van der Waals surface area contributed by atoms with E-state index in [9.17, 15) is 26.4 Å². The number of benzene rings is 1. The lowest BCUT2D eigenvalue weighted by Crippen LogP contribution is -2.31. The normalized spacial score (nSPS) is 15.2. The van der Waals surface area contributed by atoms with E-state index in [1.807, 2.05) is 13.8 Å². The molecule has 1 aliphatic heterocycles. The van der Waals surface area contributed by atoms with Crippen molar-refractivity contribution in [3.8, 4) is 17.4 Å². The Labute approximate surface area is 295 Å². The first-order valence-corrected chi connectivity index (χ1v) is 17.5. The molecule has 0 radical (unpaired) electrons. The molecule has 270 valence electrons. The second-order valence-electron chi connectivity index (χ2n) is 11.5. The molecule has 1 aliphatic rings. The summed E-state index contributed by atoms with van der Waals surface area (Å²) in [6.45, 7) is 8.26. The van der Waals surface area contributed by atoms with Gasteiger partial charge >= 0.3 is 6.18 Å². The third-order valence-corrected chi connectivity index (χ3v) is 10.9. The maximum absolute atomic E-state index is 13.9. The largest absolute Gasteiger partial charge is 0.497 e. The minimum absolute atomic E-state index is 0.0363. The summed E-state index contributed by atoms with van der Waals surface area (Å²) in [6.07, 6.45) is -1.71. The summed E-state index contributed by atoms with van der Waals surface area (Å²) in [5, 5.41) is 7.62. The van der Waals surface area contributed by atoms with Crippen molar-refractivity contribution < 1.29 is 40.6 Å². The molecule has 0 saturated heterocycles. The number of sulfonamides is 1. The van der Waals surface area contributed by atoms with Crippen molar-refractivity contribution in [3.63, 3.8) is 0 Å². The van der Waals surface area contributed by atoms with Crippen molar-refractivity contribution >= 4 is 50.2 Å². The highest BCUT2D eigenvalue weighted by Crippen LogP contribution is 2.36. The Kier molecular flexibility index (Phi) is 10.3. The monoisotopic (exact) mass is 745 g/mol. The van der Waals surface area contributed by atoms with E-state index >= 15 is 0 Å². The molecule has 0 bridgehead atoms. The Morgan fingerprint density at radius 2 is 1.65 bits per heavy atom. The summed E-state index contributed by atoms with van der Waals surface area (Å²) in [5.74, 6) is -0.391. The molecule has 0 saturated carbocycles. The molecule has 1 aromatic carbocycles. The zero-order chi connectivity index (χ0) is 37.4. The van der Waals surface area contributed by atoms with E-state index in [-0.39, 0.29) is 44.0 Å². The molecule has 4 aromatic rings. The number of amidine groups is 1. The molecule has 2 N–H and O–H groups in total. The van der Waals surface area contributed by atoms with Gasteiger partial charge in [-0.25, -0.2) is 32.8 Å². The number of aromatic nitrogens is 4. The van der Waals surface area contributed by atoms with Gasteiger partial charge in [0.25, 0.3) is 15.9 Å². The number of amides is 1. The van der Waals surface area contributed by atoms with Crippen molar-refractivity contribution in [1.82, 2.24) is 24.5 Å². The van der Waals surface area contributed by atoms with Crippen molar-refractivity contribution in [1.29, 1.82) is 0 Å². The lowest BCUT2D eigenvalue weighted by atomic mass is 9.97. The number of carbonyl (C=O) groups is 1. The van der Waals surface area contributed by atoms with Gasteiger partial charge in [-0.1, -0.05) is 18.6 Å². The van der Waals surface area contributed by atoms with Gasteiger partial charge in [0, 0.05) is 52.8 Å². The summed E-state index contributed by atoms with van der Waals surface area (Å²) in [5.41, 5.74) is 0.636. The quantitative estimate of drug-likeness (QED) is 0.200. The molecular formula is C33H34F3N7O6S2. The number of methoxy groups -OCH3 is 3. The molecule has 0 spiro atoms. The number of aryl methyl sites for hydroxylation is 3. The smallest absolute Gasteiger partial charge is 0.435 e. The zero-order valence-corrected chi connectivity index (χ0v) is 30.4. The Hall–Kier alpha value is -5.23. The van der Waals surface area contributed by atoms with Crippen LogP contribution >= 0.6 is 11.3 Å². The minimum atomic E-state index is -4.75. The Morgan fingerprint density at radius 1 is 0.980 bits per heavy atom. The SMILES string of the molecule is COc1cc(NC2=NC(n3nc(C(F)(F)F)cc3C)=C(c3cnc(OC)c(C(=O)NS(=O)(=O)c4sc(C)nc4C)c3)C=C(C)C2C)cc(OC)c1. The lowest BCUT2D eigenvalue weighted by Gasteiger charge is -2.18. The van der Waals surface area contributed by atoms with Crippen LogP contribution in [0, 0.1) is 26.7 Å². The van der Waals surface area contributed by atoms with Crippen LogP contribution in [-0.4, -0.2) is 61.2 Å². The van der Waals surface area contributed by atoms with Gasteiger partial charge in [-0.2, -0.15) is 18.3 Å².